The fraction of sp³-hybridized carbons (Fsp3) is 0.250. The monoisotopic (exact) mass is 641 g/mol. The normalized spacial score (nSPS) is 13.8. The molecule has 0 saturated heterocycles. The van der Waals surface area contributed by atoms with E-state index in [2.05, 4.69) is 35.9 Å². The largest absolute Gasteiger partial charge is 0.480 e. The Hall–Kier alpha value is -5.96. The predicted molar refractivity (Wildman–Crippen MR) is 172 cm³/mol. The van der Waals surface area contributed by atoms with Crippen molar-refractivity contribution >= 4 is 51.4 Å². The maximum atomic E-state index is 13.8. The number of rotatable bonds is 15. The number of nitrogens with zero attached hydrogens (tertiary/aromatic N) is 1. The van der Waals surface area contributed by atoms with Crippen LogP contribution in [0.25, 0.3) is 21.8 Å². The summed E-state index contributed by atoms with van der Waals surface area (Å²) in [6.45, 7) is 0. The molecule has 2 aromatic carbocycles. The van der Waals surface area contributed by atoms with Gasteiger partial charge in [0.15, 0.2) is 0 Å². The van der Waals surface area contributed by atoms with Gasteiger partial charge in [-0.3, -0.25) is 19.2 Å². The lowest BCUT2D eigenvalue weighted by molar-refractivity contribution is -0.143. The SMILES string of the molecule is NC(=O)CC(NC(=O)C(Cc1c[nH]c2ccccc12)NC(=O)C(Cc1cnc[nH]1)NC(=O)C(N)Cc1c[nH]c2ccccc12)C(=O)O. The number of carbonyl (C=O) groups is 5. The number of carbonyl (C=O) groups excluding carboxylic acids is 4. The minimum atomic E-state index is -1.62. The number of carboxylic acid groups (broad SMARTS) is 1. The number of H-pyrrole nitrogens is 3. The Morgan fingerprint density at radius 2 is 1.26 bits per heavy atom. The topological polar surface area (TPSA) is 254 Å². The standard InChI is InChI=1S/C32H35N9O6/c33-22(9-17-13-36-23-7-3-1-5-20(17)23)29(43)39-26(11-19-15-35-16-38-19)31(45)40-25(30(44)41-27(32(46)47)12-28(34)42)10-18-14-37-24-8-4-2-6-21(18)24/h1-8,13-16,22,25-27,36-37H,9-12,33H2,(H2,34,42)(H,35,38)(H,39,43)(H,40,45)(H,41,44)(H,46,47). The molecule has 0 spiro atoms. The molecular formula is C32H35N9O6. The number of nitrogens with two attached hydrogens (primary N) is 2. The van der Waals surface area contributed by atoms with Crippen molar-refractivity contribution in [1.82, 2.24) is 35.9 Å². The third kappa shape index (κ3) is 8.01. The van der Waals surface area contributed by atoms with E-state index in [0.717, 1.165) is 27.4 Å². The van der Waals surface area contributed by atoms with E-state index in [1.807, 2.05) is 48.5 Å². The lowest BCUT2D eigenvalue weighted by atomic mass is 10.0. The minimum Gasteiger partial charge on any atom is -0.480 e. The molecule has 11 N–H and O–H groups in total. The molecule has 4 atom stereocenters. The van der Waals surface area contributed by atoms with Crippen molar-refractivity contribution in [2.24, 2.45) is 11.5 Å². The van der Waals surface area contributed by atoms with Gasteiger partial charge in [0.2, 0.25) is 23.6 Å². The number of benzene rings is 2. The third-order valence-electron chi connectivity index (χ3n) is 7.82. The number of aromatic nitrogens is 4. The summed E-state index contributed by atoms with van der Waals surface area (Å²) in [5.74, 6) is -4.59. The van der Waals surface area contributed by atoms with Crippen LogP contribution in [0.3, 0.4) is 0 Å². The van der Waals surface area contributed by atoms with Crippen molar-refractivity contribution in [3.63, 3.8) is 0 Å². The Kier molecular flexibility index (Phi) is 9.96. The van der Waals surface area contributed by atoms with Crippen LogP contribution < -0.4 is 27.4 Å². The molecule has 3 heterocycles. The number of hydrogen-bond acceptors (Lipinski definition) is 7. The number of hydrogen-bond donors (Lipinski definition) is 9. The molecule has 4 unspecified atom stereocenters. The Bertz CT molecular complexity index is 1900. The van der Waals surface area contributed by atoms with Crippen LogP contribution in [0.2, 0.25) is 0 Å². The molecule has 5 aromatic rings. The first-order valence-corrected chi connectivity index (χ1v) is 14.8. The molecule has 0 bridgehead atoms. The zero-order chi connectivity index (χ0) is 33.5. The first kappa shape index (κ1) is 32.4. The summed E-state index contributed by atoms with van der Waals surface area (Å²) in [4.78, 5) is 77.1. The molecular weight excluding hydrogens is 606 g/mol. The number of carboxylic acids is 1. The summed E-state index contributed by atoms with van der Waals surface area (Å²) in [5, 5.41) is 19.0. The molecule has 0 radical (unpaired) electrons. The quantitative estimate of drug-likeness (QED) is 0.0758. The molecule has 47 heavy (non-hydrogen) atoms. The number of aliphatic carboxylic acids is 1. The Labute approximate surface area is 267 Å². The predicted octanol–water partition coefficient (Wildman–Crippen LogP) is 0.142. The first-order valence-electron chi connectivity index (χ1n) is 14.8. The summed E-state index contributed by atoms with van der Waals surface area (Å²) in [6.07, 6.45) is 5.86. The van der Waals surface area contributed by atoms with Crippen molar-refractivity contribution in [2.45, 2.75) is 49.9 Å². The summed E-state index contributed by atoms with van der Waals surface area (Å²) in [7, 11) is 0. The summed E-state index contributed by atoms with van der Waals surface area (Å²) < 4.78 is 0. The molecule has 244 valence electrons. The average Bonchev–Trinajstić information content (AvgIpc) is 3.81. The van der Waals surface area contributed by atoms with Gasteiger partial charge in [0.05, 0.1) is 18.8 Å². The number of aromatic amines is 3. The second-order valence-corrected chi connectivity index (χ2v) is 11.2. The van der Waals surface area contributed by atoms with Gasteiger partial charge in [-0.05, 0) is 29.7 Å². The molecule has 3 aromatic heterocycles. The van der Waals surface area contributed by atoms with Crippen LogP contribution in [0.5, 0.6) is 0 Å². The molecule has 5 rings (SSSR count). The van der Waals surface area contributed by atoms with Gasteiger partial charge in [0.25, 0.3) is 0 Å². The highest BCUT2D eigenvalue weighted by Crippen LogP contribution is 2.20. The Morgan fingerprint density at radius 1 is 0.723 bits per heavy atom. The van der Waals surface area contributed by atoms with Crippen molar-refractivity contribution in [3.05, 3.63) is 90.3 Å². The van der Waals surface area contributed by atoms with Crippen LogP contribution in [0.1, 0.15) is 23.2 Å². The van der Waals surface area contributed by atoms with E-state index in [9.17, 15) is 29.1 Å². The molecule has 15 heteroatoms. The Balaban J connectivity index is 1.37. The molecule has 0 fully saturated rings. The van der Waals surface area contributed by atoms with Crippen LogP contribution in [0.4, 0.5) is 0 Å². The van der Waals surface area contributed by atoms with E-state index < -0.39 is 60.2 Å². The van der Waals surface area contributed by atoms with Crippen LogP contribution in [-0.4, -0.2) is 78.8 Å². The highest BCUT2D eigenvalue weighted by Gasteiger charge is 2.32. The van der Waals surface area contributed by atoms with E-state index in [1.165, 1.54) is 12.5 Å². The zero-order valence-corrected chi connectivity index (χ0v) is 25.2. The first-order chi connectivity index (χ1) is 22.6. The maximum absolute atomic E-state index is 13.8. The van der Waals surface area contributed by atoms with Crippen molar-refractivity contribution in [2.75, 3.05) is 0 Å². The van der Waals surface area contributed by atoms with E-state index in [0.29, 0.717) is 11.3 Å². The van der Waals surface area contributed by atoms with E-state index in [1.54, 1.807) is 12.4 Å². The van der Waals surface area contributed by atoms with Gasteiger partial charge in [0.1, 0.15) is 18.1 Å². The maximum Gasteiger partial charge on any atom is 0.326 e. The summed E-state index contributed by atoms with van der Waals surface area (Å²) >= 11 is 0. The van der Waals surface area contributed by atoms with Gasteiger partial charge >= 0.3 is 5.97 Å². The smallest absolute Gasteiger partial charge is 0.326 e. The number of imidazole rings is 1. The fourth-order valence-electron chi connectivity index (χ4n) is 5.41. The van der Waals surface area contributed by atoms with E-state index in [-0.39, 0.29) is 19.3 Å². The number of nitrogens with one attached hydrogen (secondary N) is 6. The lowest BCUT2D eigenvalue weighted by Gasteiger charge is -2.25. The zero-order valence-electron chi connectivity index (χ0n) is 25.2. The average molecular weight is 642 g/mol. The molecule has 0 aliphatic carbocycles. The van der Waals surface area contributed by atoms with Gasteiger partial charge in [-0.2, -0.15) is 0 Å². The molecule has 0 aliphatic rings. The highest BCUT2D eigenvalue weighted by atomic mass is 16.4. The molecule has 4 amide bonds. The molecule has 0 aliphatic heterocycles. The van der Waals surface area contributed by atoms with Gasteiger partial charge in [0, 0.05) is 58.9 Å². The van der Waals surface area contributed by atoms with Crippen LogP contribution in [-0.2, 0) is 43.2 Å². The van der Waals surface area contributed by atoms with E-state index in [4.69, 9.17) is 11.5 Å². The van der Waals surface area contributed by atoms with Crippen molar-refractivity contribution in [3.8, 4) is 0 Å². The number of primary amides is 1. The number of amides is 4. The minimum absolute atomic E-state index is 0.0156. The Morgan fingerprint density at radius 3 is 1.81 bits per heavy atom. The summed E-state index contributed by atoms with van der Waals surface area (Å²) in [5.41, 5.74) is 15.2. The van der Waals surface area contributed by atoms with E-state index >= 15 is 0 Å². The molecule has 0 saturated carbocycles. The lowest BCUT2D eigenvalue weighted by Crippen LogP contribution is -2.58. The number of para-hydroxylation sites is 2. The van der Waals surface area contributed by atoms with Crippen molar-refractivity contribution < 1.29 is 29.1 Å². The number of fused-ring (bicyclic) bond motifs is 2. The van der Waals surface area contributed by atoms with Crippen LogP contribution in [0, 0.1) is 0 Å². The fourth-order valence-corrected chi connectivity index (χ4v) is 5.41. The van der Waals surface area contributed by atoms with Gasteiger partial charge in [-0.25, -0.2) is 9.78 Å². The second kappa shape index (κ2) is 14.4. The summed E-state index contributed by atoms with van der Waals surface area (Å²) in [6, 6.07) is 9.78. The molecule has 15 nitrogen and oxygen atoms in total. The highest BCUT2D eigenvalue weighted by molar-refractivity contribution is 5.96. The van der Waals surface area contributed by atoms with Crippen molar-refractivity contribution in [1.29, 1.82) is 0 Å². The van der Waals surface area contributed by atoms with Crippen LogP contribution in [0.15, 0.2) is 73.4 Å². The second-order valence-electron chi connectivity index (χ2n) is 11.2. The van der Waals surface area contributed by atoms with Gasteiger partial charge < -0.3 is 47.5 Å². The third-order valence-corrected chi connectivity index (χ3v) is 7.82. The van der Waals surface area contributed by atoms with Gasteiger partial charge in [-0.1, -0.05) is 36.4 Å². The van der Waals surface area contributed by atoms with Crippen LogP contribution >= 0.6 is 0 Å². The van der Waals surface area contributed by atoms with Gasteiger partial charge in [-0.15, -0.1) is 0 Å².